The van der Waals surface area contributed by atoms with Gasteiger partial charge in [-0.05, 0) is 12.5 Å². The summed E-state index contributed by atoms with van der Waals surface area (Å²) in [5, 5.41) is 25.1. The first-order valence-corrected chi connectivity index (χ1v) is 6.30. The number of carboxylic acids is 1. The number of aromatic amines is 1. The molecule has 8 nitrogen and oxygen atoms in total. The minimum absolute atomic E-state index is 0.0970. The molecule has 3 N–H and O–H groups in total. The van der Waals surface area contributed by atoms with Gasteiger partial charge >= 0.3 is 5.97 Å². The van der Waals surface area contributed by atoms with E-state index in [9.17, 15) is 14.7 Å². The van der Waals surface area contributed by atoms with Crippen LogP contribution >= 0.6 is 0 Å². The fourth-order valence-electron chi connectivity index (χ4n) is 1.93. The monoisotopic (exact) mass is 289 g/mol. The van der Waals surface area contributed by atoms with Crippen LogP contribution in [0.15, 0.2) is 30.3 Å². The van der Waals surface area contributed by atoms with E-state index < -0.39 is 17.3 Å². The van der Waals surface area contributed by atoms with Crippen molar-refractivity contribution < 1.29 is 14.7 Å². The minimum atomic E-state index is -1.29. The summed E-state index contributed by atoms with van der Waals surface area (Å²) < 4.78 is 0. The Morgan fingerprint density at radius 2 is 2.05 bits per heavy atom. The molecule has 1 amide bonds. The molecule has 8 heteroatoms. The molecular formula is C13H15N5O3. The van der Waals surface area contributed by atoms with E-state index in [0.717, 1.165) is 0 Å². The van der Waals surface area contributed by atoms with Gasteiger partial charge in [-0.3, -0.25) is 9.59 Å². The maximum atomic E-state index is 12.0. The standard InChI is InChI=1S/C13H15N5O3/c1-13(12(20)21,9-5-3-2-4-6-9)7-11(19)14-8-10-15-17-18-16-10/h2-6H,7-8H2,1H3,(H,14,19)(H,20,21)(H,15,16,17,18). The van der Waals surface area contributed by atoms with Crippen LogP contribution in [0.4, 0.5) is 0 Å². The first kappa shape index (κ1) is 14.6. The Kier molecular flexibility index (Phi) is 4.27. The lowest BCUT2D eigenvalue weighted by molar-refractivity contribution is -0.145. The van der Waals surface area contributed by atoms with E-state index in [1.54, 1.807) is 30.3 Å². The van der Waals surface area contributed by atoms with Crippen LogP contribution in [0.25, 0.3) is 0 Å². The Morgan fingerprint density at radius 1 is 1.33 bits per heavy atom. The topological polar surface area (TPSA) is 121 Å². The number of H-pyrrole nitrogens is 1. The van der Waals surface area contributed by atoms with Gasteiger partial charge in [-0.15, -0.1) is 10.2 Å². The molecule has 1 aromatic heterocycles. The van der Waals surface area contributed by atoms with Crippen molar-refractivity contribution in [2.75, 3.05) is 0 Å². The highest BCUT2D eigenvalue weighted by Crippen LogP contribution is 2.27. The van der Waals surface area contributed by atoms with Gasteiger partial charge in [0.05, 0.1) is 12.0 Å². The molecule has 110 valence electrons. The number of carboxylic acid groups (broad SMARTS) is 1. The Bertz CT molecular complexity index is 614. The number of aliphatic carboxylic acids is 1. The van der Waals surface area contributed by atoms with Crippen LogP contribution < -0.4 is 5.32 Å². The zero-order chi connectivity index (χ0) is 15.3. The van der Waals surface area contributed by atoms with Crippen LogP contribution in [0.2, 0.25) is 0 Å². The van der Waals surface area contributed by atoms with Crippen LogP contribution in [0, 0.1) is 0 Å². The Hall–Kier alpha value is -2.77. The van der Waals surface area contributed by atoms with Crippen molar-refractivity contribution in [3.63, 3.8) is 0 Å². The molecule has 0 saturated carbocycles. The van der Waals surface area contributed by atoms with Gasteiger partial charge in [0, 0.05) is 6.42 Å². The van der Waals surface area contributed by atoms with Gasteiger partial charge in [0.25, 0.3) is 0 Å². The lowest BCUT2D eigenvalue weighted by atomic mass is 9.79. The van der Waals surface area contributed by atoms with Crippen molar-refractivity contribution in [1.29, 1.82) is 0 Å². The zero-order valence-corrected chi connectivity index (χ0v) is 11.4. The second kappa shape index (κ2) is 6.12. The molecule has 0 spiro atoms. The lowest BCUT2D eigenvalue weighted by Crippen LogP contribution is -2.38. The maximum Gasteiger partial charge on any atom is 0.314 e. The maximum absolute atomic E-state index is 12.0. The lowest BCUT2D eigenvalue weighted by Gasteiger charge is -2.24. The van der Waals surface area contributed by atoms with Crippen molar-refractivity contribution in [3.05, 3.63) is 41.7 Å². The molecule has 21 heavy (non-hydrogen) atoms. The number of tetrazole rings is 1. The fraction of sp³-hybridized carbons (Fsp3) is 0.308. The predicted molar refractivity (Wildman–Crippen MR) is 72.1 cm³/mol. The van der Waals surface area contributed by atoms with Crippen LogP contribution in [-0.2, 0) is 21.5 Å². The van der Waals surface area contributed by atoms with E-state index >= 15 is 0 Å². The number of amides is 1. The van der Waals surface area contributed by atoms with Crippen LogP contribution in [-0.4, -0.2) is 37.6 Å². The van der Waals surface area contributed by atoms with Crippen molar-refractivity contribution in [2.45, 2.75) is 25.3 Å². The normalized spacial score (nSPS) is 13.4. The molecule has 1 unspecified atom stereocenters. The highest BCUT2D eigenvalue weighted by Gasteiger charge is 2.37. The second-order valence-corrected chi connectivity index (χ2v) is 4.78. The molecule has 0 saturated heterocycles. The zero-order valence-electron chi connectivity index (χ0n) is 11.4. The minimum Gasteiger partial charge on any atom is -0.481 e. The molecule has 2 aromatic rings. The van der Waals surface area contributed by atoms with Gasteiger partial charge in [-0.2, -0.15) is 5.21 Å². The van der Waals surface area contributed by atoms with Gasteiger partial charge in [0.2, 0.25) is 5.91 Å². The smallest absolute Gasteiger partial charge is 0.314 e. The van der Waals surface area contributed by atoms with Crippen LogP contribution in [0.3, 0.4) is 0 Å². The Balaban J connectivity index is 2.06. The average Bonchev–Trinajstić information content (AvgIpc) is 2.99. The van der Waals surface area contributed by atoms with E-state index in [4.69, 9.17) is 0 Å². The molecule has 1 atom stereocenters. The number of nitrogens with one attached hydrogen (secondary N) is 2. The summed E-state index contributed by atoms with van der Waals surface area (Å²) in [6, 6.07) is 8.67. The molecule has 0 radical (unpaired) electrons. The Morgan fingerprint density at radius 3 is 2.62 bits per heavy atom. The van der Waals surface area contributed by atoms with Gasteiger partial charge in [-0.25, -0.2) is 0 Å². The SMILES string of the molecule is CC(CC(=O)NCc1nn[nH]n1)(C(=O)O)c1ccccc1. The van der Waals surface area contributed by atoms with Gasteiger partial charge in [-0.1, -0.05) is 35.5 Å². The molecule has 0 aliphatic heterocycles. The molecule has 0 aliphatic rings. The van der Waals surface area contributed by atoms with Gasteiger partial charge in [0.15, 0.2) is 5.82 Å². The highest BCUT2D eigenvalue weighted by atomic mass is 16.4. The molecule has 0 aliphatic carbocycles. The van der Waals surface area contributed by atoms with E-state index in [2.05, 4.69) is 25.9 Å². The van der Waals surface area contributed by atoms with E-state index in [1.165, 1.54) is 6.92 Å². The first-order valence-electron chi connectivity index (χ1n) is 6.30. The number of carbonyl (C=O) groups excluding carboxylic acids is 1. The van der Waals surface area contributed by atoms with Gasteiger partial charge in [0.1, 0.15) is 0 Å². The number of hydrogen-bond acceptors (Lipinski definition) is 5. The molecule has 0 bridgehead atoms. The summed E-state index contributed by atoms with van der Waals surface area (Å²) in [5.74, 6) is -1.11. The third kappa shape index (κ3) is 3.41. The van der Waals surface area contributed by atoms with E-state index in [1.807, 2.05) is 0 Å². The van der Waals surface area contributed by atoms with Crippen LogP contribution in [0.1, 0.15) is 24.7 Å². The van der Waals surface area contributed by atoms with Crippen molar-refractivity contribution in [2.24, 2.45) is 0 Å². The number of nitrogens with zero attached hydrogens (tertiary/aromatic N) is 3. The summed E-state index contributed by atoms with van der Waals surface area (Å²) in [5.41, 5.74) is -0.713. The first-order chi connectivity index (χ1) is 10.0. The third-order valence-electron chi connectivity index (χ3n) is 3.23. The predicted octanol–water partition coefficient (Wildman–Crippen LogP) is 0.249. The van der Waals surface area contributed by atoms with E-state index in [0.29, 0.717) is 11.4 Å². The number of benzene rings is 1. The Labute approximate surface area is 120 Å². The summed E-state index contributed by atoms with van der Waals surface area (Å²) in [4.78, 5) is 23.5. The van der Waals surface area contributed by atoms with E-state index in [-0.39, 0.29) is 13.0 Å². The number of carbonyl (C=O) groups is 2. The highest BCUT2D eigenvalue weighted by molar-refractivity contribution is 5.89. The van der Waals surface area contributed by atoms with Crippen molar-refractivity contribution >= 4 is 11.9 Å². The second-order valence-electron chi connectivity index (χ2n) is 4.78. The number of hydrogen-bond donors (Lipinski definition) is 3. The van der Waals surface area contributed by atoms with Gasteiger partial charge < -0.3 is 10.4 Å². The number of rotatable bonds is 6. The summed E-state index contributed by atoms with van der Waals surface area (Å²) >= 11 is 0. The average molecular weight is 289 g/mol. The summed E-state index contributed by atoms with van der Waals surface area (Å²) in [6.45, 7) is 1.62. The van der Waals surface area contributed by atoms with Crippen molar-refractivity contribution in [3.8, 4) is 0 Å². The summed E-state index contributed by atoms with van der Waals surface area (Å²) in [6.07, 6.45) is -0.176. The summed E-state index contributed by atoms with van der Waals surface area (Å²) in [7, 11) is 0. The molecule has 1 aromatic carbocycles. The quantitative estimate of drug-likeness (QED) is 0.701. The van der Waals surface area contributed by atoms with Crippen molar-refractivity contribution in [1.82, 2.24) is 25.9 Å². The molecule has 0 fully saturated rings. The molecular weight excluding hydrogens is 274 g/mol. The largest absolute Gasteiger partial charge is 0.481 e. The number of aromatic nitrogens is 4. The fourth-order valence-corrected chi connectivity index (χ4v) is 1.93. The molecule has 2 rings (SSSR count). The van der Waals surface area contributed by atoms with Crippen LogP contribution in [0.5, 0.6) is 0 Å². The third-order valence-corrected chi connectivity index (χ3v) is 3.23. The molecule has 1 heterocycles.